The molecule has 1 atom stereocenters. The van der Waals surface area contributed by atoms with E-state index in [1.807, 2.05) is 30.3 Å². The van der Waals surface area contributed by atoms with Gasteiger partial charge in [0, 0.05) is 0 Å². The van der Waals surface area contributed by atoms with Crippen molar-refractivity contribution in [3.8, 4) is 0 Å². The Bertz CT molecular complexity index is 694. The third kappa shape index (κ3) is 3.10. The topological polar surface area (TPSA) is 20.2 Å². The van der Waals surface area contributed by atoms with Gasteiger partial charge in [0.1, 0.15) is 0 Å². The number of fused-ring (bicyclic) bond motifs is 1. The van der Waals surface area contributed by atoms with E-state index in [0.29, 0.717) is 15.0 Å². The van der Waals surface area contributed by atoms with Crippen LogP contribution in [0.1, 0.15) is 11.7 Å². The third-order valence-corrected chi connectivity index (χ3v) is 5.56. The van der Waals surface area contributed by atoms with Gasteiger partial charge in [0.05, 0.1) is 0 Å². The zero-order chi connectivity index (χ0) is 13.8. The Balaban J connectivity index is 1.70. The van der Waals surface area contributed by atoms with Crippen molar-refractivity contribution < 1.29 is 5.11 Å². The standard InChI is InChI=1S/C18H16OSe/c19-18(15-7-2-1-3-8-15)13-20-17-11-10-14-6-4-5-9-16(14)12-17/h1-12,18-19H,13H2/t18-/m0/s1. The molecular formula is C18H16OSe. The van der Waals surface area contributed by atoms with Gasteiger partial charge < -0.3 is 0 Å². The van der Waals surface area contributed by atoms with Gasteiger partial charge in [0.15, 0.2) is 0 Å². The number of hydrogen-bond donors (Lipinski definition) is 1. The van der Waals surface area contributed by atoms with Gasteiger partial charge in [-0.05, 0) is 0 Å². The zero-order valence-electron chi connectivity index (χ0n) is 11.1. The first-order chi connectivity index (χ1) is 9.83. The summed E-state index contributed by atoms with van der Waals surface area (Å²) in [5, 5.41) is 13.6. The molecule has 0 radical (unpaired) electrons. The van der Waals surface area contributed by atoms with Crippen LogP contribution in [0.3, 0.4) is 0 Å². The van der Waals surface area contributed by atoms with Crippen LogP contribution in [0.5, 0.6) is 0 Å². The summed E-state index contributed by atoms with van der Waals surface area (Å²) in [5.41, 5.74) is 1.01. The second-order valence-corrected chi connectivity index (χ2v) is 7.04. The Hall–Kier alpha value is -1.60. The average Bonchev–Trinajstić information content (AvgIpc) is 2.53. The Morgan fingerprint density at radius 2 is 1.50 bits per heavy atom. The predicted octanol–water partition coefficient (Wildman–Crippen LogP) is 3.32. The van der Waals surface area contributed by atoms with Gasteiger partial charge in [-0.2, -0.15) is 0 Å². The van der Waals surface area contributed by atoms with E-state index >= 15 is 0 Å². The van der Waals surface area contributed by atoms with Gasteiger partial charge in [0.2, 0.25) is 0 Å². The minimum absolute atomic E-state index is 0.291. The van der Waals surface area contributed by atoms with Crippen molar-refractivity contribution in [1.29, 1.82) is 0 Å². The summed E-state index contributed by atoms with van der Waals surface area (Å²) in [6.07, 6.45) is -0.359. The van der Waals surface area contributed by atoms with Crippen LogP contribution in [-0.4, -0.2) is 20.1 Å². The maximum atomic E-state index is 10.2. The fourth-order valence-corrected chi connectivity index (χ4v) is 4.13. The van der Waals surface area contributed by atoms with Crippen LogP contribution in [0.4, 0.5) is 0 Å². The fraction of sp³-hybridized carbons (Fsp3) is 0.111. The second kappa shape index (κ2) is 6.23. The molecule has 3 rings (SSSR count). The van der Waals surface area contributed by atoms with E-state index in [-0.39, 0.29) is 6.10 Å². The number of aliphatic hydroxyl groups is 1. The first-order valence-electron chi connectivity index (χ1n) is 6.67. The molecule has 0 amide bonds. The van der Waals surface area contributed by atoms with E-state index in [4.69, 9.17) is 0 Å². The molecule has 0 spiro atoms. The van der Waals surface area contributed by atoms with Crippen LogP contribution in [0.2, 0.25) is 5.32 Å². The molecule has 3 aromatic rings. The minimum atomic E-state index is -0.359. The van der Waals surface area contributed by atoms with Crippen LogP contribution in [0.15, 0.2) is 72.8 Å². The Morgan fingerprint density at radius 1 is 0.800 bits per heavy atom. The molecule has 0 saturated heterocycles. The molecular weight excluding hydrogens is 311 g/mol. The molecule has 1 N–H and O–H groups in total. The molecule has 0 saturated carbocycles. The summed E-state index contributed by atoms with van der Waals surface area (Å²) in [7, 11) is 0. The van der Waals surface area contributed by atoms with Gasteiger partial charge in [-0.3, -0.25) is 0 Å². The number of benzene rings is 3. The summed E-state index contributed by atoms with van der Waals surface area (Å²) in [5.74, 6) is 0. The van der Waals surface area contributed by atoms with Crippen molar-refractivity contribution in [2.75, 3.05) is 0 Å². The van der Waals surface area contributed by atoms with Gasteiger partial charge >= 0.3 is 125 Å². The Morgan fingerprint density at radius 3 is 2.30 bits per heavy atom. The van der Waals surface area contributed by atoms with Gasteiger partial charge in [-0.15, -0.1) is 0 Å². The molecule has 0 aliphatic rings. The quantitative estimate of drug-likeness (QED) is 0.729. The first kappa shape index (κ1) is 13.4. The number of aliphatic hydroxyl groups excluding tert-OH is 1. The fourth-order valence-electron chi connectivity index (χ4n) is 2.20. The van der Waals surface area contributed by atoms with Crippen molar-refractivity contribution in [1.82, 2.24) is 0 Å². The monoisotopic (exact) mass is 328 g/mol. The third-order valence-electron chi connectivity index (χ3n) is 3.31. The molecule has 20 heavy (non-hydrogen) atoms. The molecule has 0 unspecified atom stereocenters. The molecule has 100 valence electrons. The summed E-state index contributed by atoms with van der Waals surface area (Å²) >= 11 is 0.291. The van der Waals surface area contributed by atoms with Crippen molar-refractivity contribution >= 4 is 30.2 Å². The van der Waals surface area contributed by atoms with E-state index in [9.17, 15) is 5.11 Å². The molecule has 0 heterocycles. The first-order valence-corrected chi connectivity index (χ1v) is 8.74. The van der Waals surface area contributed by atoms with Crippen LogP contribution >= 0.6 is 0 Å². The predicted molar refractivity (Wildman–Crippen MR) is 85.5 cm³/mol. The number of rotatable bonds is 4. The molecule has 1 nitrogen and oxygen atoms in total. The van der Waals surface area contributed by atoms with E-state index in [0.717, 1.165) is 10.9 Å². The van der Waals surface area contributed by atoms with Crippen molar-refractivity contribution in [2.45, 2.75) is 11.4 Å². The van der Waals surface area contributed by atoms with Gasteiger partial charge in [0.25, 0.3) is 0 Å². The SMILES string of the molecule is O[C@@H](C[Se]c1ccc2ccccc2c1)c1ccccc1. The van der Waals surface area contributed by atoms with Crippen molar-refractivity contribution in [2.24, 2.45) is 0 Å². The van der Waals surface area contributed by atoms with Crippen LogP contribution in [0, 0.1) is 0 Å². The number of hydrogen-bond acceptors (Lipinski definition) is 1. The van der Waals surface area contributed by atoms with Crippen LogP contribution in [0.25, 0.3) is 10.8 Å². The van der Waals surface area contributed by atoms with Crippen molar-refractivity contribution in [3.63, 3.8) is 0 Å². The molecule has 0 aromatic heterocycles. The molecule has 3 aromatic carbocycles. The molecule has 0 aliphatic heterocycles. The molecule has 0 fully saturated rings. The summed E-state index contributed by atoms with van der Waals surface area (Å²) in [6.45, 7) is 0. The maximum absolute atomic E-state index is 10.2. The van der Waals surface area contributed by atoms with E-state index in [1.54, 1.807) is 0 Å². The van der Waals surface area contributed by atoms with Crippen molar-refractivity contribution in [3.05, 3.63) is 78.4 Å². The zero-order valence-corrected chi connectivity index (χ0v) is 12.8. The summed E-state index contributed by atoms with van der Waals surface area (Å²) in [4.78, 5) is 0. The molecule has 0 aliphatic carbocycles. The second-order valence-electron chi connectivity index (χ2n) is 4.75. The van der Waals surface area contributed by atoms with Crippen LogP contribution in [-0.2, 0) is 0 Å². The molecule has 2 heteroatoms. The summed E-state index contributed by atoms with van der Waals surface area (Å²) in [6, 6.07) is 24.9. The Labute approximate surface area is 125 Å². The molecule has 0 bridgehead atoms. The summed E-state index contributed by atoms with van der Waals surface area (Å²) < 4.78 is 1.34. The average molecular weight is 327 g/mol. The van der Waals surface area contributed by atoms with Crippen LogP contribution < -0.4 is 4.46 Å². The van der Waals surface area contributed by atoms with Gasteiger partial charge in [-0.25, -0.2) is 0 Å². The van der Waals surface area contributed by atoms with Gasteiger partial charge in [-0.1, -0.05) is 0 Å². The van der Waals surface area contributed by atoms with E-state index < -0.39 is 0 Å². The normalized spacial score (nSPS) is 12.4. The van der Waals surface area contributed by atoms with E-state index in [1.165, 1.54) is 15.2 Å². The van der Waals surface area contributed by atoms with E-state index in [2.05, 4.69) is 42.5 Å². The Kier molecular flexibility index (Phi) is 4.17.